The monoisotopic (exact) mass is 457 g/mol. The molecule has 1 fully saturated rings. The van der Waals surface area contributed by atoms with Gasteiger partial charge in [0.15, 0.2) is 5.16 Å². The van der Waals surface area contributed by atoms with Gasteiger partial charge in [-0.3, -0.25) is 14.2 Å². The van der Waals surface area contributed by atoms with Gasteiger partial charge in [-0.2, -0.15) is 0 Å². The molecule has 4 rings (SSSR count). The number of carbonyl (C=O) groups excluding carboxylic acids is 1. The second kappa shape index (κ2) is 9.75. The summed E-state index contributed by atoms with van der Waals surface area (Å²) in [5, 5.41) is 1.40. The minimum atomic E-state index is -0.226. The van der Waals surface area contributed by atoms with Crippen molar-refractivity contribution in [1.82, 2.24) is 14.5 Å². The van der Waals surface area contributed by atoms with Gasteiger partial charge >= 0.3 is 0 Å². The lowest BCUT2D eigenvalue weighted by Crippen LogP contribution is -2.33. The molecular formula is C23H24ClN3O3S. The quantitative estimate of drug-likeness (QED) is 0.415. The number of carbonyl (C=O) groups is 1. The van der Waals surface area contributed by atoms with Gasteiger partial charge in [0.2, 0.25) is 5.91 Å². The van der Waals surface area contributed by atoms with Gasteiger partial charge in [-0.05, 0) is 43.2 Å². The van der Waals surface area contributed by atoms with Crippen molar-refractivity contribution in [3.8, 4) is 11.4 Å². The molecule has 2 heterocycles. The van der Waals surface area contributed by atoms with Crippen LogP contribution in [-0.4, -0.2) is 46.3 Å². The van der Waals surface area contributed by atoms with Gasteiger partial charge in [0.1, 0.15) is 5.75 Å². The maximum Gasteiger partial charge on any atom is 0.266 e. The number of fused-ring (bicyclic) bond motifs is 1. The summed E-state index contributed by atoms with van der Waals surface area (Å²) in [5.41, 5.74) is 0.869. The number of methoxy groups -OCH3 is 1. The summed E-state index contributed by atoms with van der Waals surface area (Å²) in [4.78, 5) is 32.9. The van der Waals surface area contributed by atoms with E-state index in [1.165, 1.54) is 16.3 Å². The number of amides is 1. The van der Waals surface area contributed by atoms with Crippen LogP contribution >= 0.6 is 23.4 Å². The smallest absolute Gasteiger partial charge is 0.266 e. The predicted octanol–water partition coefficient (Wildman–Crippen LogP) is 4.54. The Kier molecular flexibility index (Phi) is 6.83. The molecule has 8 heteroatoms. The van der Waals surface area contributed by atoms with Crippen molar-refractivity contribution < 1.29 is 9.53 Å². The molecule has 0 saturated carbocycles. The average molecular weight is 458 g/mol. The summed E-state index contributed by atoms with van der Waals surface area (Å²) in [6.45, 7) is 1.58. The summed E-state index contributed by atoms with van der Waals surface area (Å²) in [6, 6.07) is 12.3. The van der Waals surface area contributed by atoms with Crippen molar-refractivity contribution in [2.45, 2.75) is 30.8 Å². The number of benzene rings is 2. The lowest BCUT2D eigenvalue weighted by atomic mass is 10.2. The van der Waals surface area contributed by atoms with Crippen molar-refractivity contribution in [2.75, 3.05) is 26.0 Å². The van der Waals surface area contributed by atoms with E-state index in [2.05, 4.69) is 0 Å². The van der Waals surface area contributed by atoms with Crippen LogP contribution in [0.4, 0.5) is 0 Å². The van der Waals surface area contributed by atoms with Crippen molar-refractivity contribution in [3.63, 3.8) is 0 Å². The highest BCUT2D eigenvalue weighted by Crippen LogP contribution is 2.28. The Hall–Kier alpha value is -2.51. The molecular weight excluding hydrogens is 434 g/mol. The van der Waals surface area contributed by atoms with Gasteiger partial charge in [-0.15, -0.1) is 0 Å². The predicted molar refractivity (Wildman–Crippen MR) is 125 cm³/mol. The minimum absolute atomic E-state index is 0.0684. The van der Waals surface area contributed by atoms with Crippen LogP contribution in [0, 0.1) is 0 Å². The largest absolute Gasteiger partial charge is 0.495 e. The van der Waals surface area contributed by atoms with Crippen LogP contribution in [0.2, 0.25) is 5.02 Å². The maximum absolute atomic E-state index is 13.4. The first-order valence-corrected chi connectivity index (χ1v) is 11.7. The van der Waals surface area contributed by atoms with Crippen LogP contribution < -0.4 is 10.3 Å². The van der Waals surface area contributed by atoms with Crippen LogP contribution in [0.3, 0.4) is 0 Å². The van der Waals surface area contributed by atoms with Crippen LogP contribution in [0.1, 0.15) is 25.7 Å². The molecule has 0 unspecified atom stereocenters. The molecule has 1 aliphatic heterocycles. The topological polar surface area (TPSA) is 64.4 Å². The molecule has 1 aliphatic rings. The third kappa shape index (κ3) is 4.72. The molecule has 0 aliphatic carbocycles. The van der Waals surface area contributed by atoms with Gasteiger partial charge in [-0.25, -0.2) is 4.98 Å². The zero-order valence-electron chi connectivity index (χ0n) is 17.3. The molecule has 1 amide bonds. The van der Waals surface area contributed by atoms with Gasteiger partial charge in [0.25, 0.3) is 5.56 Å². The number of para-hydroxylation sites is 2. The molecule has 6 nitrogen and oxygen atoms in total. The van der Waals surface area contributed by atoms with E-state index in [4.69, 9.17) is 21.3 Å². The number of nitrogens with zero attached hydrogens (tertiary/aromatic N) is 3. The Balaban J connectivity index is 1.75. The van der Waals surface area contributed by atoms with Gasteiger partial charge in [-0.1, -0.05) is 48.3 Å². The molecule has 0 radical (unpaired) electrons. The number of likely N-dealkylation sites (tertiary alicyclic amines) is 1. The summed E-state index contributed by atoms with van der Waals surface area (Å²) in [5.74, 6) is 0.840. The highest BCUT2D eigenvalue weighted by molar-refractivity contribution is 7.99. The maximum atomic E-state index is 13.4. The van der Waals surface area contributed by atoms with Gasteiger partial charge < -0.3 is 9.64 Å². The van der Waals surface area contributed by atoms with E-state index in [0.29, 0.717) is 32.5 Å². The average Bonchev–Trinajstić information content (AvgIpc) is 3.07. The zero-order valence-corrected chi connectivity index (χ0v) is 18.9. The molecule has 1 saturated heterocycles. The van der Waals surface area contributed by atoms with Gasteiger partial charge in [0.05, 0.1) is 29.5 Å². The van der Waals surface area contributed by atoms with Crippen LogP contribution in [0.15, 0.2) is 52.4 Å². The summed E-state index contributed by atoms with van der Waals surface area (Å²) >= 11 is 7.40. The van der Waals surface area contributed by atoms with Gasteiger partial charge in [0, 0.05) is 18.1 Å². The number of ether oxygens (including phenoxy) is 1. The van der Waals surface area contributed by atoms with E-state index in [1.807, 2.05) is 23.1 Å². The van der Waals surface area contributed by atoms with E-state index in [-0.39, 0.29) is 17.2 Å². The van der Waals surface area contributed by atoms with Crippen molar-refractivity contribution >= 4 is 40.2 Å². The van der Waals surface area contributed by atoms with E-state index in [0.717, 1.165) is 38.8 Å². The second-order valence-corrected chi connectivity index (χ2v) is 8.83. The summed E-state index contributed by atoms with van der Waals surface area (Å²) in [7, 11) is 1.56. The molecule has 1 aromatic heterocycles. The molecule has 0 atom stereocenters. The number of thioether (sulfide) groups is 1. The van der Waals surface area contributed by atoms with E-state index in [9.17, 15) is 9.59 Å². The lowest BCUT2D eigenvalue weighted by Gasteiger charge is -2.20. The van der Waals surface area contributed by atoms with Crippen molar-refractivity contribution in [3.05, 3.63) is 57.8 Å². The Morgan fingerprint density at radius 1 is 1.13 bits per heavy atom. The molecule has 0 N–H and O–H groups in total. The van der Waals surface area contributed by atoms with E-state index in [1.54, 1.807) is 31.4 Å². The first-order chi connectivity index (χ1) is 15.1. The molecule has 2 aromatic carbocycles. The van der Waals surface area contributed by atoms with Crippen LogP contribution in [-0.2, 0) is 4.79 Å². The van der Waals surface area contributed by atoms with Crippen LogP contribution in [0.5, 0.6) is 5.75 Å². The minimum Gasteiger partial charge on any atom is -0.495 e. The van der Waals surface area contributed by atoms with Crippen molar-refractivity contribution in [1.29, 1.82) is 0 Å². The standard InChI is InChI=1S/C23H24ClN3O3S/c1-30-20-9-5-4-8-19(20)27-22(29)17-11-10-16(24)14-18(17)25-23(27)31-15-21(28)26-12-6-2-3-7-13-26/h4-5,8-11,14H,2-3,6-7,12-13,15H2,1H3. The number of halogens is 1. The van der Waals surface area contributed by atoms with Crippen molar-refractivity contribution in [2.24, 2.45) is 0 Å². The fourth-order valence-corrected chi connectivity index (χ4v) is 4.87. The Morgan fingerprint density at radius 3 is 2.61 bits per heavy atom. The SMILES string of the molecule is COc1ccccc1-n1c(SCC(=O)N2CCCCCC2)nc2cc(Cl)ccc2c1=O. The lowest BCUT2D eigenvalue weighted by molar-refractivity contribution is -0.128. The van der Waals surface area contributed by atoms with Crippen LogP contribution in [0.25, 0.3) is 16.6 Å². The normalized spacial score (nSPS) is 14.5. The first kappa shape index (κ1) is 21.7. The summed E-state index contributed by atoms with van der Waals surface area (Å²) < 4.78 is 7.01. The number of hydrogen-bond acceptors (Lipinski definition) is 5. The molecule has 162 valence electrons. The highest BCUT2D eigenvalue weighted by Gasteiger charge is 2.20. The fraction of sp³-hybridized carbons (Fsp3) is 0.348. The Morgan fingerprint density at radius 2 is 1.87 bits per heavy atom. The molecule has 3 aromatic rings. The third-order valence-corrected chi connectivity index (χ3v) is 6.57. The molecule has 0 bridgehead atoms. The summed E-state index contributed by atoms with van der Waals surface area (Å²) in [6.07, 6.45) is 4.40. The molecule has 0 spiro atoms. The molecule has 31 heavy (non-hydrogen) atoms. The highest BCUT2D eigenvalue weighted by atomic mass is 35.5. The van der Waals surface area contributed by atoms with E-state index < -0.39 is 0 Å². The first-order valence-electron chi connectivity index (χ1n) is 10.3. The number of rotatable bonds is 5. The number of aromatic nitrogens is 2. The zero-order chi connectivity index (χ0) is 21.8. The number of hydrogen-bond donors (Lipinski definition) is 0. The third-order valence-electron chi connectivity index (χ3n) is 5.41. The fourth-order valence-electron chi connectivity index (χ4n) is 3.80. The van der Waals surface area contributed by atoms with E-state index >= 15 is 0 Å². The second-order valence-electron chi connectivity index (χ2n) is 7.45. The Bertz CT molecular complexity index is 1160. The Labute approximate surface area is 190 Å².